The first-order chi connectivity index (χ1) is 10.1. The fourth-order valence-electron chi connectivity index (χ4n) is 2.76. The van der Waals surface area contributed by atoms with Gasteiger partial charge in [0.15, 0.2) is 5.78 Å². The Morgan fingerprint density at radius 2 is 1.67 bits per heavy atom. The molecule has 2 aliphatic heterocycles. The van der Waals surface area contributed by atoms with Crippen molar-refractivity contribution in [3.05, 3.63) is 23.8 Å². The molecule has 0 aliphatic carbocycles. The summed E-state index contributed by atoms with van der Waals surface area (Å²) in [6.45, 7) is 1.71. The molecule has 2 aliphatic rings. The maximum Gasteiger partial charge on any atom is 0.233 e. The Hall–Kier alpha value is -2.21. The number of rotatable bonds is 2. The molecule has 6 heteroatoms. The Kier molecular flexibility index (Phi) is 3.70. The summed E-state index contributed by atoms with van der Waals surface area (Å²) in [4.78, 5) is 35.5. The van der Waals surface area contributed by atoms with Crippen LogP contribution in [0.25, 0.3) is 0 Å². The molecule has 1 aromatic carbocycles. The molecule has 2 amide bonds. The third-order valence-electron chi connectivity index (χ3n) is 3.88. The van der Waals surface area contributed by atoms with Crippen LogP contribution < -0.4 is 16.0 Å². The third-order valence-corrected chi connectivity index (χ3v) is 3.88. The van der Waals surface area contributed by atoms with E-state index in [1.165, 1.54) is 0 Å². The second-order valence-electron chi connectivity index (χ2n) is 5.42. The van der Waals surface area contributed by atoms with Crippen molar-refractivity contribution in [2.75, 3.05) is 23.7 Å². The van der Waals surface area contributed by atoms with Gasteiger partial charge in [-0.15, -0.1) is 0 Å². The summed E-state index contributed by atoms with van der Waals surface area (Å²) in [5, 5.41) is 8.55. The molecule has 0 aromatic heterocycles. The van der Waals surface area contributed by atoms with Gasteiger partial charge < -0.3 is 16.0 Å². The van der Waals surface area contributed by atoms with Crippen LogP contribution in [-0.2, 0) is 9.59 Å². The second kappa shape index (κ2) is 5.65. The van der Waals surface area contributed by atoms with Crippen LogP contribution in [0.1, 0.15) is 29.6 Å². The average molecular weight is 287 g/mol. The van der Waals surface area contributed by atoms with E-state index in [1.807, 2.05) is 0 Å². The molecule has 3 rings (SSSR count). The van der Waals surface area contributed by atoms with Crippen molar-refractivity contribution in [2.24, 2.45) is 5.92 Å². The van der Waals surface area contributed by atoms with Gasteiger partial charge in [-0.3, -0.25) is 14.4 Å². The Balaban J connectivity index is 1.86. The van der Waals surface area contributed by atoms with Crippen LogP contribution in [0.4, 0.5) is 11.4 Å². The number of carbonyl (C=O) groups is 3. The van der Waals surface area contributed by atoms with E-state index in [4.69, 9.17) is 0 Å². The molecule has 0 unspecified atom stereocenters. The number of hydrogen-bond donors (Lipinski definition) is 3. The standard InChI is InChI=1S/C15H17N3O3/c19-13-8-14(20)18-12-7-10(1-2-11(12)17-13)15(21)9-3-5-16-6-4-9/h1-2,7,9,16H,3-6,8H2,(H,17,19)(H,18,20). The fourth-order valence-corrected chi connectivity index (χ4v) is 2.76. The van der Waals surface area contributed by atoms with Gasteiger partial charge >= 0.3 is 0 Å². The lowest BCUT2D eigenvalue weighted by atomic mass is 9.89. The maximum atomic E-state index is 12.5. The number of Topliss-reactive ketones (excluding diaryl/α,β-unsaturated/α-hetero) is 1. The zero-order valence-electron chi connectivity index (χ0n) is 11.6. The first-order valence-corrected chi connectivity index (χ1v) is 7.12. The summed E-state index contributed by atoms with van der Waals surface area (Å²) in [6, 6.07) is 5.04. The van der Waals surface area contributed by atoms with Gasteiger partial charge in [-0.1, -0.05) is 0 Å². The Morgan fingerprint density at radius 3 is 2.38 bits per heavy atom. The van der Waals surface area contributed by atoms with Crippen molar-refractivity contribution in [1.82, 2.24) is 5.32 Å². The number of carbonyl (C=O) groups excluding carboxylic acids is 3. The second-order valence-corrected chi connectivity index (χ2v) is 5.42. The highest BCUT2D eigenvalue weighted by molar-refractivity contribution is 6.14. The minimum absolute atomic E-state index is 0.0281. The van der Waals surface area contributed by atoms with E-state index in [-0.39, 0.29) is 29.9 Å². The summed E-state index contributed by atoms with van der Waals surface area (Å²) in [5.41, 5.74) is 1.61. The van der Waals surface area contributed by atoms with Crippen molar-refractivity contribution in [3.63, 3.8) is 0 Å². The van der Waals surface area contributed by atoms with Crippen molar-refractivity contribution in [3.8, 4) is 0 Å². The summed E-state index contributed by atoms with van der Waals surface area (Å²) < 4.78 is 0. The predicted molar refractivity (Wildman–Crippen MR) is 78.2 cm³/mol. The van der Waals surface area contributed by atoms with Gasteiger partial charge in [-0.05, 0) is 44.1 Å². The highest BCUT2D eigenvalue weighted by Gasteiger charge is 2.24. The summed E-state index contributed by atoms with van der Waals surface area (Å²) in [6.07, 6.45) is 1.46. The van der Waals surface area contributed by atoms with E-state index in [9.17, 15) is 14.4 Å². The highest BCUT2D eigenvalue weighted by Crippen LogP contribution is 2.28. The number of anilines is 2. The quantitative estimate of drug-likeness (QED) is 0.562. The first-order valence-electron chi connectivity index (χ1n) is 7.12. The minimum atomic E-state index is -0.363. The fraction of sp³-hybridized carbons (Fsp3) is 0.400. The molecule has 6 nitrogen and oxygen atoms in total. The van der Waals surface area contributed by atoms with Crippen LogP contribution in [0.2, 0.25) is 0 Å². The topological polar surface area (TPSA) is 87.3 Å². The number of hydrogen-bond acceptors (Lipinski definition) is 4. The normalized spacial score (nSPS) is 19.2. The number of benzene rings is 1. The molecule has 0 bridgehead atoms. The van der Waals surface area contributed by atoms with Gasteiger partial charge in [0.1, 0.15) is 6.42 Å². The smallest absolute Gasteiger partial charge is 0.233 e. The summed E-state index contributed by atoms with van der Waals surface area (Å²) >= 11 is 0. The van der Waals surface area contributed by atoms with Crippen molar-refractivity contribution < 1.29 is 14.4 Å². The molecule has 1 aromatic rings. The molecule has 0 spiro atoms. The van der Waals surface area contributed by atoms with Gasteiger partial charge in [-0.25, -0.2) is 0 Å². The molecule has 0 saturated carbocycles. The number of amides is 2. The summed E-state index contributed by atoms with van der Waals surface area (Å²) in [5.74, 6) is -0.578. The zero-order chi connectivity index (χ0) is 14.8. The lowest BCUT2D eigenvalue weighted by Crippen LogP contribution is -2.31. The lowest BCUT2D eigenvalue weighted by Gasteiger charge is -2.21. The SMILES string of the molecule is O=C1CC(=O)Nc2cc(C(=O)C3CCNCC3)ccc2N1. The molecule has 21 heavy (non-hydrogen) atoms. The number of fused-ring (bicyclic) bond motifs is 1. The number of ketones is 1. The van der Waals surface area contributed by atoms with E-state index >= 15 is 0 Å². The van der Waals surface area contributed by atoms with Crippen LogP contribution >= 0.6 is 0 Å². The zero-order valence-corrected chi connectivity index (χ0v) is 11.6. The first kappa shape index (κ1) is 13.8. The molecular weight excluding hydrogens is 270 g/mol. The van der Waals surface area contributed by atoms with Crippen LogP contribution in [0, 0.1) is 5.92 Å². The van der Waals surface area contributed by atoms with Gasteiger partial charge in [-0.2, -0.15) is 0 Å². The van der Waals surface area contributed by atoms with E-state index < -0.39 is 0 Å². The van der Waals surface area contributed by atoms with Crippen molar-refractivity contribution in [1.29, 1.82) is 0 Å². The molecule has 0 radical (unpaired) electrons. The Morgan fingerprint density at radius 1 is 1.00 bits per heavy atom. The largest absolute Gasteiger partial charge is 0.324 e. The summed E-state index contributed by atoms with van der Waals surface area (Å²) in [7, 11) is 0. The van der Waals surface area contributed by atoms with Gasteiger partial charge in [0.2, 0.25) is 11.8 Å². The Bertz CT molecular complexity index is 606. The van der Waals surface area contributed by atoms with Gasteiger partial charge in [0, 0.05) is 11.5 Å². The van der Waals surface area contributed by atoms with Gasteiger partial charge in [0.25, 0.3) is 0 Å². The number of nitrogens with one attached hydrogen (secondary N) is 3. The van der Waals surface area contributed by atoms with E-state index in [1.54, 1.807) is 18.2 Å². The molecule has 110 valence electrons. The predicted octanol–water partition coefficient (Wildman–Crippen LogP) is 1.15. The van der Waals surface area contributed by atoms with E-state index in [0.717, 1.165) is 25.9 Å². The maximum absolute atomic E-state index is 12.5. The minimum Gasteiger partial charge on any atom is -0.324 e. The molecule has 1 saturated heterocycles. The lowest BCUT2D eigenvalue weighted by molar-refractivity contribution is -0.123. The van der Waals surface area contributed by atoms with Crippen molar-refractivity contribution >= 4 is 29.0 Å². The molecule has 1 fully saturated rings. The van der Waals surface area contributed by atoms with Crippen LogP contribution in [0.5, 0.6) is 0 Å². The monoisotopic (exact) mass is 287 g/mol. The molecule has 2 heterocycles. The van der Waals surface area contributed by atoms with Crippen molar-refractivity contribution in [2.45, 2.75) is 19.3 Å². The Labute approximate surface area is 122 Å². The van der Waals surface area contributed by atoms with Crippen LogP contribution in [0.3, 0.4) is 0 Å². The third kappa shape index (κ3) is 2.95. The molecule has 3 N–H and O–H groups in total. The number of piperidine rings is 1. The molecular formula is C15H17N3O3. The van der Waals surface area contributed by atoms with E-state index in [2.05, 4.69) is 16.0 Å². The van der Waals surface area contributed by atoms with E-state index in [0.29, 0.717) is 16.9 Å². The molecule has 0 atom stereocenters. The van der Waals surface area contributed by atoms with Gasteiger partial charge in [0.05, 0.1) is 11.4 Å². The van der Waals surface area contributed by atoms with Crippen LogP contribution in [-0.4, -0.2) is 30.7 Å². The highest BCUT2D eigenvalue weighted by atomic mass is 16.2. The van der Waals surface area contributed by atoms with Crippen LogP contribution in [0.15, 0.2) is 18.2 Å². The average Bonchev–Trinajstić information content (AvgIpc) is 2.63.